The van der Waals surface area contributed by atoms with E-state index in [2.05, 4.69) is 56.5 Å². The fourth-order valence-electron chi connectivity index (χ4n) is 10.2. The van der Waals surface area contributed by atoms with E-state index in [0.717, 1.165) is 20.2 Å². The van der Waals surface area contributed by atoms with E-state index < -0.39 is 53.1 Å². The van der Waals surface area contributed by atoms with Crippen molar-refractivity contribution in [3.8, 4) is 0 Å². The third-order valence-corrected chi connectivity index (χ3v) is 25.1. The number of fused-ring (bicyclic) bond motifs is 1. The lowest BCUT2D eigenvalue weighted by Gasteiger charge is -2.20. The fourth-order valence-corrected chi connectivity index (χ4v) is 17.7. The number of aryl methyl sites for hydroxylation is 3. The largest absolute Gasteiger partial charge is 0.321 e. The molecule has 0 unspecified atom stereocenters. The van der Waals surface area contributed by atoms with Crippen molar-refractivity contribution in [3.05, 3.63) is 295 Å². The van der Waals surface area contributed by atoms with Gasteiger partial charge in [-0.1, -0.05) is 36.4 Å². The molecule has 13 rings (SSSR count). The van der Waals surface area contributed by atoms with E-state index in [-0.39, 0.29) is 78.3 Å². The van der Waals surface area contributed by atoms with Gasteiger partial charge in [0.15, 0.2) is 29.5 Å². The van der Waals surface area contributed by atoms with Crippen LogP contribution in [0.25, 0.3) is 18.2 Å². The summed E-state index contributed by atoms with van der Waals surface area (Å²) < 4.78 is 77.0. The first-order chi connectivity index (χ1) is 51.4. The van der Waals surface area contributed by atoms with E-state index >= 15 is 0 Å². The molecule has 12 aromatic rings. The number of thiophene rings is 6. The molecule has 3 aromatic carbocycles. The predicted molar refractivity (Wildman–Crippen MR) is 418 cm³/mol. The highest BCUT2D eigenvalue weighted by Gasteiger charge is 2.31. The van der Waals surface area contributed by atoms with E-state index in [9.17, 15) is 54.0 Å². The minimum atomic E-state index is -3.69. The molecule has 544 valence electrons. The molecule has 0 aliphatic carbocycles. The molecule has 24 nitrogen and oxygen atoms in total. The second kappa shape index (κ2) is 35.4. The Kier molecular flexibility index (Phi) is 25.5. The van der Waals surface area contributed by atoms with Crippen LogP contribution in [0.2, 0.25) is 0 Å². The second-order valence-corrected chi connectivity index (χ2v) is 34.8. The molecule has 1 aliphatic rings. The molecule has 107 heavy (non-hydrogen) atoms. The molecule has 5 N–H and O–H groups in total. The van der Waals surface area contributed by atoms with Crippen molar-refractivity contribution in [1.82, 2.24) is 45.9 Å². The zero-order valence-corrected chi connectivity index (χ0v) is 64.0. The molecule has 1 aliphatic heterocycles. The summed E-state index contributed by atoms with van der Waals surface area (Å²) >= 11 is 8.13. The molecule has 6 amide bonds. The number of anilines is 3. The van der Waals surface area contributed by atoms with Gasteiger partial charge in [-0.2, -0.15) is 0 Å². The van der Waals surface area contributed by atoms with Gasteiger partial charge in [0, 0.05) is 73.9 Å². The summed E-state index contributed by atoms with van der Waals surface area (Å²) in [6.07, 6.45) is 9.84. The number of rotatable bonds is 23. The minimum Gasteiger partial charge on any atom is -0.321 e. The molecule has 0 bridgehead atoms. The second-order valence-electron chi connectivity index (χ2n) is 23.1. The predicted octanol–water partition coefficient (Wildman–Crippen LogP) is 12.8. The molecule has 10 heterocycles. The average molecular weight is 1600 g/mol. The zero-order valence-electron chi connectivity index (χ0n) is 56.7. The van der Waals surface area contributed by atoms with Crippen molar-refractivity contribution < 1.29 is 54.0 Å². The number of nitrogens with zero attached hydrogens (tertiary/aromatic N) is 7. The Morgan fingerprint density at radius 1 is 0.411 bits per heavy atom. The first-order valence-electron chi connectivity index (χ1n) is 32.0. The van der Waals surface area contributed by atoms with E-state index in [1.54, 1.807) is 127 Å². The maximum absolute atomic E-state index is 13.6. The van der Waals surface area contributed by atoms with Crippen LogP contribution in [0.1, 0.15) is 83.8 Å². The number of amides is 6. The van der Waals surface area contributed by atoms with Crippen LogP contribution in [0.5, 0.6) is 0 Å². The maximum Gasteiger partial charge on any atom is 0.274 e. The number of carbonyl (C=O) groups excluding carboxylic acids is 6. The molecule has 0 fully saturated rings. The van der Waals surface area contributed by atoms with E-state index in [1.807, 2.05) is 52.5 Å². The monoisotopic (exact) mass is 1600 g/mol. The Morgan fingerprint density at radius 2 is 0.804 bits per heavy atom. The van der Waals surface area contributed by atoms with Crippen LogP contribution >= 0.6 is 68.0 Å². The first kappa shape index (κ1) is 77.1. The molecule has 0 spiro atoms. The lowest BCUT2D eigenvalue weighted by atomic mass is 10.2. The Bertz CT molecular complexity index is 5590. The third kappa shape index (κ3) is 21.4. The quantitative estimate of drug-likeness (QED) is 0.0371. The molecular formula is C74H62N12O12S9. The summed E-state index contributed by atoms with van der Waals surface area (Å²) in [5.74, 6) is -2.87. The van der Waals surface area contributed by atoms with Gasteiger partial charge in [-0.05, 0) is 205 Å². The molecule has 0 saturated carbocycles. The number of hydrogen-bond donors (Lipinski definition) is 5. The van der Waals surface area contributed by atoms with Gasteiger partial charge >= 0.3 is 0 Å². The Morgan fingerprint density at radius 3 is 1.24 bits per heavy atom. The van der Waals surface area contributed by atoms with Gasteiger partial charge in [0.05, 0.1) is 29.3 Å². The number of benzene rings is 3. The number of aromatic nitrogens is 6. The van der Waals surface area contributed by atoms with Gasteiger partial charge in [-0.15, -0.1) is 68.0 Å². The van der Waals surface area contributed by atoms with E-state index in [4.69, 9.17) is 0 Å². The number of hydrogen-bond acceptors (Lipinski definition) is 24. The lowest BCUT2D eigenvalue weighted by molar-refractivity contribution is -0.115. The van der Waals surface area contributed by atoms with Crippen LogP contribution in [-0.4, -0.2) is 97.1 Å². The maximum atomic E-state index is 13.6. The first-order valence-corrected chi connectivity index (χ1v) is 42.3. The highest BCUT2D eigenvalue weighted by atomic mass is 32.2. The summed E-state index contributed by atoms with van der Waals surface area (Å²) in [5.41, 5.74) is 4.51. The van der Waals surface area contributed by atoms with Gasteiger partial charge in [-0.3, -0.25) is 28.8 Å². The van der Waals surface area contributed by atoms with Crippen LogP contribution in [0.4, 0.5) is 17.1 Å². The number of sulfone groups is 3. The van der Waals surface area contributed by atoms with Crippen LogP contribution in [0.15, 0.2) is 240 Å². The van der Waals surface area contributed by atoms with Gasteiger partial charge in [0.25, 0.3) is 35.4 Å². The van der Waals surface area contributed by atoms with Crippen LogP contribution < -0.4 is 31.5 Å². The van der Waals surface area contributed by atoms with Crippen molar-refractivity contribution in [2.24, 2.45) is 0 Å². The number of carbonyl (C=O) groups is 6. The Balaban J connectivity index is 0.000000160. The standard InChI is InChI=1S/C26H22N4O4S3.C25H22N4O4S3.C23H18N4O4S3/c1-17-8-10-27-24(28-17)16-37(33,34)20-6-7-22-18(14-20)9-11-30(22)26(32)21(15-19-4-2-12-35-19)29-25(31)23-5-3-13-36-23;1-16-13-17(2)27-23(26-16)15-36(32,33)20-9-7-18(8-10-20)28-24(30)21(14-19-5-3-11-34-19)29-25(31)22-6-4-12-35-22;28-22(19(14-17-4-1-12-32-17)27-23(29)20-5-2-13-33-20)26-16-6-8-18(9-7-16)34(30,31)15-21-24-10-3-11-25-21/h2-8,10,12-15H,9,11,16H2,1H3,(H,29,31);3-14H,15H2,1-2H3,(H,28,30)(H,29,31);1-14H,15H2,(H,26,28)(H,27,29)/b21-15+;21-14+;19-14+. The van der Waals surface area contributed by atoms with Crippen molar-refractivity contribution in [1.29, 1.82) is 0 Å². The van der Waals surface area contributed by atoms with E-state index in [1.165, 1.54) is 141 Å². The summed E-state index contributed by atoms with van der Waals surface area (Å²) in [4.78, 5) is 108. The Labute approximate surface area is 639 Å². The average Bonchev–Trinajstić information content (AvgIpc) is 1.69. The van der Waals surface area contributed by atoms with E-state index in [0.29, 0.717) is 61.7 Å². The van der Waals surface area contributed by atoms with Crippen LogP contribution in [0.3, 0.4) is 0 Å². The normalized spacial score (nSPS) is 12.3. The molecule has 0 radical (unpaired) electrons. The van der Waals surface area contributed by atoms with Crippen molar-refractivity contribution in [2.75, 3.05) is 22.1 Å². The summed E-state index contributed by atoms with van der Waals surface area (Å²) in [5, 5.41) is 24.5. The lowest BCUT2D eigenvalue weighted by Crippen LogP contribution is -2.37. The van der Waals surface area contributed by atoms with Crippen molar-refractivity contribution >= 4 is 168 Å². The van der Waals surface area contributed by atoms with Crippen LogP contribution in [0, 0.1) is 20.8 Å². The van der Waals surface area contributed by atoms with Crippen molar-refractivity contribution in [3.63, 3.8) is 0 Å². The minimum absolute atomic E-state index is 0.0683. The molecule has 0 atom stereocenters. The smallest absolute Gasteiger partial charge is 0.274 e. The van der Waals surface area contributed by atoms with Crippen molar-refractivity contribution in [2.45, 2.75) is 59.1 Å². The third-order valence-electron chi connectivity index (χ3n) is 15.1. The van der Waals surface area contributed by atoms with Gasteiger partial charge in [0.2, 0.25) is 0 Å². The van der Waals surface area contributed by atoms with Crippen LogP contribution in [-0.2, 0) is 67.6 Å². The molecular weight excluding hydrogens is 1540 g/mol. The van der Waals surface area contributed by atoms with Gasteiger partial charge < -0.3 is 31.5 Å². The summed E-state index contributed by atoms with van der Waals surface area (Å²) in [6, 6.07) is 42.8. The van der Waals surface area contributed by atoms with Gasteiger partial charge in [-0.25, -0.2) is 55.2 Å². The van der Waals surface area contributed by atoms with Gasteiger partial charge in [0.1, 0.15) is 51.8 Å². The highest BCUT2D eigenvalue weighted by molar-refractivity contribution is 7.91. The number of nitrogens with one attached hydrogen (secondary N) is 5. The zero-order chi connectivity index (χ0) is 75.7. The molecule has 33 heteroatoms. The fraction of sp³-hybridized carbons (Fsp3) is 0.108. The topological polar surface area (TPSA) is 346 Å². The molecule has 9 aromatic heterocycles. The SMILES string of the molecule is Cc1cc(C)nc(CS(=O)(=O)c2ccc(NC(=O)/C(=C\c3cccs3)NC(=O)c3cccs3)cc2)n1.Cc1ccnc(CS(=O)(=O)c2ccc3c(c2)CCN3C(=O)/C(=C\c2cccs2)NC(=O)c2cccs2)n1.O=C(Nc1ccc(S(=O)(=O)Cc2ncccn2)cc1)/C(=C\c1cccs1)NC(=O)c1cccs1. The summed E-state index contributed by atoms with van der Waals surface area (Å²) in [7, 11) is -11.0. The highest BCUT2D eigenvalue weighted by Crippen LogP contribution is 2.33. The summed E-state index contributed by atoms with van der Waals surface area (Å²) in [6.45, 7) is 5.72. The molecule has 0 saturated heterocycles. The Hall–Kier alpha value is -11.0.